The molecule has 59 heavy (non-hydrogen) atoms. The second-order valence-electron chi connectivity index (χ2n) is 14.6. The van der Waals surface area contributed by atoms with E-state index in [0.717, 1.165) is 74.1 Å². The molecular formula is C40H63NO18. The van der Waals surface area contributed by atoms with Crippen LogP contribution in [0.1, 0.15) is 132 Å². The van der Waals surface area contributed by atoms with Crippen LogP contribution in [0.25, 0.3) is 0 Å². The molecule has 2 saturated heterocycles. The number of nitrogens with one attached hydrogen (secondary N) is 1. The Kier molecular flexibility index (Phi) is 23.0. The molecule has 0 bridgehead atoms. The molecule has 0 aromatic heterocycles. The lowest BCUT2D eigenvalue weighted by atomic mass is 9.95. The molecule has 2 fully saturated rings. The first kappa shape index (κ1) is 50.8. The van der Waals surface area contributed by atoms with Crippen LogP contribution < -0.4 is 5.32 Å². The number of ether oxygens (including phenoxy) is 10. The Balaban J connectivity index is 2.46. The van der Waals surface area contributed by atoms with Crippen LogP contribution in [0.5, 0.6) is 0 Å². The Labute approximate surface area is 345 Å². The van der Waals surface area contributed by atoms with E-state index in [-0.39, 0.29) is 6.42 Å². The minimum Gasteiger partial charge on any atom is -0.463 e. The lowest BCUT2D eigenvalue weighted by Crippen LogP contribution is -2.68. The fourth-order valence-electron chi connectivity index (χ4n) is 6.81. The standard InChI is InChI=1S/C40H63NO18/c1-9-10-11-12-13-14-15-16-17-18-19-20-32(49)41-39-37(55-28(7)47)35(53-26(5)45)34(30(57-39)21-50-23(2)42)59-40-38(56-29(8)48)36(54-27(6)46)33(52-25(4)44)31(58-40)22-51-24(3)43/h30-31,33-40H,9-22H2,1-8H3,(H,41,49)/t30-,31-,33-,34-,35+,36+,37+,38+,39-,40+/m1/s1. The van der Waals surface area contributed by atoms with E-state index in [9.17, 15) is 38.4 Å². The topological polar surface area (TPSA) is 241 Å². The number of amides is 1. The zero-order valence-corrected chi connectivity index (χ0v) is 35.5. The average molecular weight is 846 g/mol. The van der Waals surface area contributed by atoms with Crippen molar-refractivity contribution in [2.45, 2.75) is 194 Å². The lowest BCUT2D eigenvalue weighted by molar-refractivity contribution is -0.345. The van der Waals surface area contributed by atoms with Gasteiger partial charge >= 0.3 is 41.8 Å². The van der Waals surface area contributed by atoms with Gasteiger partial charge in [-0.1, -0.05) is 71.1 Å². The Bertz CT molecular complexity index is 1400. The van der Waals surface area contributed by atoms with Crippen LogP contribution in [0.15, 0.2) is 0 Å². The van der Waals surface area contributed by atoms with Gasteiger partial charge in [0.05, 0.1) is 0 Å². The second-order valence-corrected chi connectivity index (χ2v) is 14.6. The van der Waals surface area contributed by atoms with Gasteiger partial charge in [0, 0.05) is 54.9 Å². The van der Waals surface area contributed by atoms with Gasteiger partial charge in [0.15, 0.2) is 43.0 Å². The van der Waals surface area contributed by atoms with Gasteiger partial charge in [0.1, 0.15) is 31.5 Å². The molecule has 0 spiro atoms. The minimum atomic E-state index is -1.81. The summed E-state index contributed by atoms with van der Waals surface area (Å²) in [6.07, 6.45) is -3.78. The summed E-state index contributed by atoms with van der Waals surface area (Å²) in [6.45, 7) is 8.54. The monoisotopic (exact) mass is 845 g/mol. The fraction of sp³-hybridized carbons (Fsp3) is 0.800. The SMILES string of the molecule is CCCCCCCCCCCCCC(=O)N[C@@H]1O[C@H](COC(C)=O)[C@@H](O[C@@H]2O[C@H](COC(C)=O)[C@@H](OC(C)=O)[C@H](OC(C)=O)[C@@H]2OC(C)=O)[C@H](OC(C)=O)[C@@H]1OC(C)=O. The maximum absolute atomic E-state index is 13.3. The van der Waals surface area contributed by atoms with E-state index in [4.69, 9.17) is 47.4 Å². The van der Waals surface area contributed by atoms with Crippen molar-refractivity contribution in [1.29, 1.82) is 0 Å². The molecule has 2 aliphatic heterocycles. The van der Waals surface area contributed by atoms with Gasteiger partial charge in [-0.15, -0.1) is 0 Å². The summed E-state index contributed by atoms with van der Waals surface area (Å²) in [4.78, 5) is 99.4. The van der Waals surface area contributed by atoms with E-state index in [1.165, 1.54) is 38.5 Å². The smallest absolute Gasteiger partial charge is 0.303 e. The molecule has 0 saturated carbocycles. The summed E-state index contributed by atoms with van der Waals surface area (Å²) in [5, 5.41) is 2.70. The Morgan fingerprint density at radius 3 is 1.29 bits per heavy atom. The summed E-state index contributed by atoms with van der Waals surface area (Å²) in [5.41, 5.74) is 0. The minimum absolute atomic E-state index is 0.0984. The normalized spacial score (nSPS) is 26.4. The Hall–Kier alpha value is -4.36. The highest BCUT2D eigenvalue weighted by Gasteiger charge is 2.57. The van der Waals surface area contributed by atoms with E-state index in [2.05, 4.69) is 12.2 Å². The van der Waals surface area contributed by atoms with E-state index >= 15 is 0 Å². The molecule has 0 aliphatic carbocycles. The maximum Gasteiger partial charge on any atom is 0.303 e. The molecular weight excluding hydrogens is 782 g/mol. The van der Waals surface area contributed by atoms with Gasteiger partial charge in [-0.25, -0.2) is 0 Å². The van der Waals surface area contributed by atoms with Gasteiger partial charge in [0.25, 0.3) is 0 Å². The molecule has 2 rings (SSSR count). The molecule has 0 radical (unpaired) electrons. The van der Waals surface area contributed by atoms with Gasteiger partial charge in [-0.3, -0.25) is 38.4 Å². The number of hydrogen-bond acceptors (Lipinski definition) is 18. The molecule has 10 atom stereocenters. The molecule has 19 nitrogen and oxygen atoms in total. The van der Waals surface area contributed by atoms with Crippen LogP contribution >= 0.6 is 0 Å². The highest BCUT2D eigenvalue weighted by molar-refractivity contribution is 5.76. The highest BCUT2D eigenvalue weighted by Crippen LogP contribution is 2.35. The van der Waals surface area contributed by atoms with Crippen molar-refractivity contribution < 1.29 is 85.7 Å². The lowest BCUT2D eigenvalue weighted by Gasteiger charge is -2.48. The van der Waals surface area contributed by atoms with Crippen molar-refractivity contribution in [2.75, 3.05) is 13.2 Å². The largest absolute Gasteiger partial charge is 0.463 e. The number of carbonyl (C=O) groups is 8. The Morgan fingerprint density at radius 1 is 0.441 bits per heavy atom. The van der Waals surface area contributed by atoms with E-state index in [1.54, 1.807) is 0 Å². The summed E-state index contributed by atoms with van der Waals surface area (Å²) in [5.74, 6) is -6.39. The third kappa shape index (κ3) is 19.1. The quantitative estimate of drug-likeness (QED) is 0.0831. The highest BCUT2D eigenvalue weighted by atomic mass is 16.8. The van der Waals surface area contributed by atoms with Crippen LogP contribution in [0.3, 0.4) is 0 Å². The van der Waals surface area contributed by atoms with Crippen molar-refractivity contribution in [2.24, 2.45) is 0 Å². The molecule has 1 amide bonds. The third-order valence-electron chi connectivity index (χ3n) is 9.24. The van der Waals surface area contributed by atoms with Gasteiger partial charge in [-0.05, 0) is 6.42 Å². The van der Waals surface area contributed by atoms with Crippen LogP contribution in [-0.4, -0.2) is 122 Å². The van der Waals surface area contributed by atoms with Crippen LogP contribution in [0, 0.1) is 0 Å². The number of unbranched alkanes of at least 4 members (excludes halogenated alkanes) is 10. The summed E-state index contributed by atoms with van der Waals surface area (Å²) >= 11 is 0. The number of esters is 7. The Morgan fingerprint density at radius 2 is 0.831 bits per heavy atom. The molecule has 2 heterocycles. The molecule has 2 aliphatic rings. The second kappa shape index (κ2) is 26.7. The van der Waals surface area contributed by atoms with Crippen molar-refractivity contribution in [3.05, 3.63) is 0 Å². The van der Waals surface area contributed by atoms with Gasteiger partial charge in [-0.2, -0.15) is 0 Å². The van der Waals surface area contributed by atoms with Gasteiger partial charge in [0.2, 0.25) is 5.91 Å². The van der Waals surface area contributed by atoms with Crippen LogP contribution in [0.4, 0.5) is 0 Å². The molecule has 0 aromatic carbocycles. The molecule has 336 valence electrons. The van der Waals surface area contributed by atoms with Crippen LogP contribution in [0.2, 0.25) is 0 Å². The summed E-state index contributed by atoms with van der Waals surface area (Å²) in [6, 6.07) is 0. The van der Waals surface area contributed by atoms with E-state index in [1.807, 2.05) is 0 Å². The maximum atomic E-state index is 13.3. The van der Waals surface area contributed by atoms with E-state index < -0.39 is 122 Å². The first-order chi connectivity index (χ1) is 27.9. The molecule has 1 N–H and O–H groups in total. The van der Waals surface area contributed by atoms with Crippen LogP contribution in [-0.2, 0) is 85.7 Å². The first-order valence-corrected chi connectivity index (χ1v) is 20.3. The van der Waals surface area contributed by atoms with Crippen molar-refractivity contribution >= 4 is 47.7 Å². The fourth-order valence-corrected chi connectivity index (χ4v) is 6.81. The zero-order valence-electron chi connectivity index (χ0n) is 35.5. The average Bonchev–Trinajstić information content (AvgIpc) is 3.12. The first-order valence-electron chi connectivity index (χ1n) is 20.3. The summed E-state index contributed by atoms with van der Waals surface area (Å²) < 4.78 is 56.7. The zero-order chi connectivity index (χ0) is 44.1. The summed E-state index contributed by atoms with van der Waals surface area (Å²) in [7, 11) is 0. The number of hydrogen-bond donors (Lipinski definition) is 1. The van der Waals surface area contributed by atoms with Crippen molar-refractivity contribution in [3.8, 4) is 0 Å². The number of carbonyl (C=O) groups excluding carboxylic acids is 8. The van der Waals surface area contributed by atoms with Crippen molar-refractivity contribution in [1.82, 2.24) is 5.32 Å². The van der Waals surface area contributed by atoms with Crippen molar-refractivity contribution in [3.63, 3.8) is 0 Å². The molecule has 19 heteroatoms. The molecule has 0 aromatic rings. The predicted octanol–water partition coefficient (Wildman–Crippen LogP) is 3.42. The third-order valence-corrected chi connectivity index (χ3v) is 9.24. The predicted molar refractivity (Wildman–Crippen MR) is 202 cm³/mol. The molecule has 0 unspecified atom stereocenters. The number of rotatable bonds is 24. The van der Waals surface area contributed by atoms with Gasteiger partial charge < -0.3 is 52.7 Å². The van der Waals surface area contributed by atoms with E-state index in [0.29, 0.717) is 6.42 Å².